The lowest BCUT2D eigenvalue weighted by molar-refractivity contribution is 0.0952. The number of carbonyl (C=O) groups is 2. The maximum Gasteiger partial charge on any atom is 0.259 e. The third-order valence-corrected chi connectivity index (χ3v) is 4.71. The zero-order valence-electron chi connectivity index (χ0n) is 18.2. The average Bonchev–Trinajstić information content (AvgIpc) is 2.83. The van der Waals surface area contributed by atoms with E-state index in [1.165, 1.54) is 0 Å². The van der Waals surface area contributed by atoms with E-state index >= 15 is 0 Å². The molecule has 0 saturated carbocycles. The molecule has 0 heterocycles. The van der Waals surface area contributed by atoms with Crippen molar-refractivity contribution in [3.05, 3.63) is 90.0 Å². The molecule has 0 unspecified atom stereocenters. The molecule has 0 fully saturated rings. The fourth-order valence-corrected chi connectivity index (χ4v) is 2.99. The Bertz CT molecular complexity index is 1000. The third-order valence-electron chi connectivity index (χ3n) is 4.71. The molecule has 6 nitrogen and oxygen atoms in total. The Hall–Kier alpha value is -3.80. The fraction of sp³-hybridized carbons (Fsp3) is 0.231. The van der Waals surface area contributed by atoms with Gasteiger partial charge in [-0.15, -0.1) is 0 Å². The average molecular weight is 433 g/mol. The summed E-state index contributed by atoms with van der Waals surface area (Å²) in [7, 11) is 0. The number of rotatable bonds is 11. The topological polar surface area (TPSA) is 76.7 Å². The normalized spacial score (nSPS) is 10.3. The van der Waals surface area contributed by atoms with E-state index in [-0.39, 0.29) is 11.8 Å². The van der Waals surface area contributed by atoms with Crippen LogP contribution in [0, 0.1) is 0 Å². The zero-order valence-corrected chi connectivity index (χ0v) is 18.2. The minimum absolute atomic E-state index is 0.118. The maximum absolute atomic E-state index is 12.8. The number of carbonyl (C=O) groups excluding carboxylic acids is 2. The molecule has 0 radical (unpaired) electrons. The van der Waals surface area contributed by atoms with Crippen molar-refractivity contribution in [1.82, 2.24) is 5.32 Å². The molecule has 3 rings (SSSR count). The maximum atomic E-state index is 12.8. The van der Waals surface area contributed by atoms with Crippen molar-refractivity contribution >= 4 is 17.5 Å². The second-order valence-corrected chi connectivity index (χ2v) is 7.15. The minimum Gasteiger partial charge on any atom is -0.490 e. The van der Waals surface area contributed by atoms with Gasteiger partial charge in [-0.05, 0) is 55.0 Å². The number of unbranched alkanes of at least 4 members (excludes halogenated alkanes) is 1. The number of benzene rings is 3. The Morgan fingerprint density at radius 3 is 2.22 bits per heavy atom. The largest absolute Gasteiger partial charge is 0.490 e. The molecule has 0 atom stereocenters. The first kappa shape index (κ1) is 22.9. The number of anilines is 1. The van der Waals surface area contributed by atoms with Crippen molar-refractivity contribution in [3.8, 4) is 11.5 Å². The van der Waals surface area contributed by atoms with Gasteiger partial charge in [-0.2, -0.15) is 0 Å². The molecule has 2 N–H and O–H groups in total. The molecule has 6 heteroatoms. The Morgan fingerprint density at radius 1 is 0.781 bits per heavy atom. The van der Waals surface area contributed by atoms with Crippen molar-refractivity contribution in [2.45, 2.75) is 19.8 Å². The monoisotopic (exact) mass is 432 g/mol. The lowest BCUT2D eigenvalue weighted by Crippen LogP contribution is -2.24. The van der Waals surface area contributed by atoms with Crippen LogP contribution in [0.1, 0.15) is 40.5 Å². The molecule has 32 heavy (non-hydrogen) atoms. The smallest absolute Gasteiger partial charge is 0.259 e. The fourth-order valence-electron chi connectivity index (χ4n) is 2.99. The Kier molecular flexibility index (Phi) is 8.69. The first-order chi connectivity index (χ1) is 15.7. The van der Waals surface area contributed by atoms with E-state index in [9.17, 15) is 9.59 Å². The van der Waals surface area contributed by atoms with Crippen molar-refractivity contribution in [3.63, 3.8) is 0 Å². The molecule has 0 aliphatic rings. The van der Waals surface area contributed by atoms with E-state index < -0.39 is 0 Å². The highest BCUT2D eigenvalue weighted by molar-refractivity contribution is 6.06. The van der Waals surface area contributed by atoms with E-state index in [0.717, 1.165) is 18.6 Å². The summed E-state index contributed by atoms with van der Waals surface area (Å²) in [6.07, 6.45) is 1.97. The summed E-state index contributed by atoms with van der Waals surface area (Å²) < 4.78 is 11.4. The molecule has 2 amide bonds. The number of hydrogen-bond acceptors (Lipinski definition) is 4. The molecule has 0 spiro atoms. The number of amides is 2. The molecule has 0 saturated heterocycles. The van der Waals surface area contributed by atoms with E-state index in [2.05, 4.69) is 17.6 Å². The number of para-hydroxylation sites is 2. The Labute approximate surface area is 188 Å². The van der Waals surface area contributed by atoms with Gasteiger partial charge >= 0.3 is 0 Å². The lowest BCUT2D eigenvalue weighted by atomic mass is 10.1. The lowest BCUT2D eigenvalue weighted by Gasteiger charge is -2.12. The molecule has 3 aromatic rings. The summed E-state index contributed by atoms with van der Waals surface area (Å²) in [6, 6.07) is 23.4. The summed E-state index contributed by atoms with van der Waals surface area (Å²) in [5.41, 5.74) is 1.58. The molecule has 0 aliphatic carbocycles. The van der Waals surface area contributed by atoms with Gasteiger partial charge in [0.2, 0.25) is 0 Å². The van der Waals surface area contributed by atoms with Crippen LogP contribution in [0.4, 0.5) is 5.69 Å². The summed E-state index contributed by atoms with van der Waals surface area (Å²) in [5, 5.41) is 5.73. The summed E-state index contributed by atoms with van der Waals surface area (Å²) in [4.78, 5) is 24.9. The van der Waals surface area contributed by atoms with Crippen LogP contribution in [-0.2, 0) is 0 Å². The molecule has 3 aromatic carbocycles. The third kappa shape index (κ3) is 6.87. The van der Waals surface area contributed by atoms with Gasteiger partial charge in [-0.1, -0.05) is 43.7 Å². The highest BCUT2D eigenvalue weighted by Crippen LogP contribution is 2.20. The zero-order chi connectivity index (χ0) is 22.6. The second kappa shape index (κ2) is 12.2. The molecule has 0 aromatic heterocycles. The van der Waals surface area contributed by atoms with Crippen LogP contribution in [-0.4, -0.2) is 31.6 Å². The van der Waals surface area contributed by atoms with E-state index in [0.29, 0.717) is 42.3 Å². The first-order valence-electron chi connectivity index (χ1n) is 10.8. The SMILES string of the molecule is CCCCNC(=O)c1ccc(NC(=O)c2ccccc2OCCOc2ccccc2)cc1. The Morgan fingerprint density at radius 2 is 1.47 bits per heavy atom. The standard InChI is InChI=1S/C26H28N2O4/c1-2-3-17-27-25(29)20-13-15-21(16-14-20)28-26(30)23-11-7-8-12-24(23)32-19-18-31-22-9-5-4-6-10-22/h4-16H,2-3,17-19H2,1H3,(H,27,29)(H,28,30). The van der Waals surface area contributed by atoms with E-state index in [4.69, 9.17) is 9.47 Å². The number of ether oxygens (including phenoxy) is 2. The van der Waals surface area contributed by atoms with Gasteiger partial charge in [0.05, 0.1) is 5.56 Å². The summed E-state index contributed by atoms with van der Waals surface area (Å²) in [6.45, 7) is 3.40. The van der Waals surface area contributed by atoms with Gasteiger partial charge in [-0.3, -0.25) is 9.59 Å². The molecule has 0 aliphatic heterocycles. The van der Waals surface area contributed by atoms with Gasteiger partial charge < -0.3 is 20.1 Å². The number of nitrogens with one attached hydrogen (secondary N) is 2. The van der Waals surface area contributed by atoms with Crippen LogP contribution in [0.2, 0.25) is 0 Å². The van der Waals surface area contributed by atoms with E-state index in [1.54, 1.807) is 42.5 Å². The summed E-state index contributed by atoms with van der Waals surface area (Å²) in [5.74, 6) is 0.843. The van der Waals surface area contributed by atoms with Crippen LogP contribution in [0.3, 0.4) is 0 Å². The van der Waals surface area contributed by atoms with Gasteiger partial charge in [0.25, 0.3) is 11.8 Å². The minimum atomic E-state index is -0.287. The van der Waals surface area contributed by atoms with E-state index in [1.807, 2.05) is 36.4 Å². The molecular weight excluding hydrogens is 404 g/mol. The van der Waals surface area contributed by atoms with Crippen LogP contribution in [0.15, 0.2) is 78.9 Å². The number of hydrogen-bond donors (Lipinski definition) is 2. The predicted molar refractivity (Wildman–Crippen MR) is 126 cm³/mol. The predicted octanol–water partition coefficient (Wildman–Crippen LogP) is 4.93. The summed E-state index contributed by atoms with van der Waals surface area (Å²) >= 11 is 0. The van der Waals surface area contributed by atoms with Gasteiger partial charge in [-0.25, -0.2) is 0 Å². The molecule has 166 valence electrons. The van der Waals surface area contributed by atoms with Crippen molar-refractivity contribution in [2.24, 2.45) is 0 Å². The first-order valence-corrected chi connectivity index (χ1v) is 10.8. The highest BCUT2D eigenvalue weighted by Gasteiger charge is 2.13. The van der Waals surface area contributed by atoms with Crippen LogP contribution < -0.4 is 20.1 Å². The van der Waals surface area contributed by atoms with Crippen LogP contribution >= 0.6 is 0 Å². The van der Waals surface area contributed by atoms with Crippen molar-refractivity contribution in [1.29, 1.82) is 0 Å². The Balaban J connectivity index is 1.54. The molecule has 0 bridgehead atoms. The molecular formula is C26H28N2O4. The van der Waals surface area contributed by atoms with Gasteiger partial charge in [0.1, 0.15) is 24.7 Å². The van der Waals surface area contributed by atoms with Gasteiger partial charge in [0.15, 0.2) is 0 Å². The highest BCUT2D eigenvalue weighted by atomic mass is 16.5. The second-order valence-electron chi connectivity index (χ2n) is 7.15. The van der Waals surface area contributed by atoms with Gasteiger partial charge in [0, 0.05) is 17.8 Å². The van der Waals surface area contributed by atoms with Crippen LogP contribution in [0.5, 0.6) is 11.5 Å². The van der Waals surface area contributed by atoms with Crippen molar-refractivity contribution < 1.29 is 19.1 Å². The van der Waals surface area contributed by atoms with Crippen LogP contribution in [0.25, 0.3) is 0 Å². The quantitative estimate of drug-likeness (QED) is 0.422. The van der Waals surface area contributed by atoms with Crippen molar-refractivity contribution in [2.75, 3.05) is 25.1 Å².